The van der Waals surface area contributed by atoms with Crippen LogP contribution in [0.2, 0.25) is 0 Å². The van der Waals surface area contributed by atoms with Gasteiger partial charge in [0.15, 0.2) is 0 Å². The van der Waals surface area contributed by atoms with Gasteiger partial charge in [-0.25, -0.2) is 0 Å². The molecule has 6 heteroatoms. The minimum atomic E-state index is -0.665. The second-order valence-corrected chi connectivity index (χ2v) is 7.46. The van der Waals surface area contributed by atoms with Crippen LogP contribution in [0.3, 0.4) is 0 Å². The zero-order valence-electron chi connectivity index (χ0n) is 17.0. The summed E-state index contributed by atoms with van der Waals surface area (Å²) < 4.78 is 11.7. The maximum atomic E-state index is 12.7. The van der Waals surface area contributed by atoms with Gasteiger partial charge in [0.2, 0.25) is 0 Å². The van der Waals surface area contributed by atoms with Crippen LogP contribution < -0.4 is 0 Å². The molecule has 1 aliphatic heterocycles. The van der Waals surface area contributed by atoms with Crippen LogP contribution in [0.5, 0.6) is 0 Å². The molecule has 0 saturated heterocycles. The van der Waals surface area contributed by atoms with Crippen LogP contribution in [0.15, 0.2) is 36.8 Å². The predicted octanol–water partition coefficient (Wildman–Crippen LogP) is 3.87. The standard InChI is InChI=1S/C23H27N3O3/c1-3-16-6-5-7-18-19-9-13-29-23(4-2,22(19)26-21(16)18)14-20(27)28-12-8-17-15-24-10-11-25-17/h5-7,10-11,15,26H,3-4,8-9,12-14H2,1-2H3. The Balaban J connectivity index is 1.54. The van der Waals surface area contributed by atoms with Gasteiger partial charge in [0.25, 0.3) is 0 Å². The molecular weight excluding hydrogens is 366 g/mol. The summed E-state index contributed by atoms with van der Waals surface area (Å²) in [6, 6.07) is 6.42. The molecule has 4 rings (SSSR count). The molecule has 29 heavy (non-hydrogen) atoms. The summed E-state index contributed by atoms with van der Waals surface area (Å²) in [5.74, 6) is -0.252. The molecule has 2 aromatic heterocycles. The van der Waals surface area contributed by atoms with E-state index in [0.717, 1.165) is 24.2 Å². The molecule has 0 fully saturated rings. The van der Waals surface area contributed by atoms with Gasteiger partial charge in [-0.05, 0) is 30.4 Å². The van der Waals surface area contributed by atoms with Gasteiger partial charge < -0.3 is 14.5 Å². The lowest BCUT2D eigenvalue weighted by Crippen LogP contribution is -2.38. The van der Waals surface area contributed by atoms with Crippen molar-refractivity contribution >= 4 is 16.9 Å². The average molecular weight is 393 g/mol. The number of rotatable bonds is 7. The van der Waals surface area contributed by atoms with Crippen molar-refractivity contribution in [1.29, 1.82) is 0 Å². The van der Waals surface area contributed by atoms with Gasteiger partial charge >= 0.3 is 5.97 Å². The topological polar surface area (TPSA) is 77.1 Å². The first-order valence-electron chi connectivity index (χ1n) is 10.3. The molecule has 1 aliphatic rings. The van der Waals surface area contributed by atoms with Gasteiger partial charge in [0.05, 0.1) is 31.0 Å². The maximum Gasteiger partial charge on any atom is 0.309 e. The van der Waals surface area contributed by atoms with Crippen molar-refractivity contribution in [2.24, 2.45) is 0 Å². The number of carbonyl (C=O) groups excluding carboxylic acids is 1. The molecule has 152 valence electrons. The zero-order valence-corrected chi connectivity index (χ0v) is 17.0. The van der Waals surface area contributed by atoms with E-state index in [4.69, 9.17) is 9.47 Å². The Bertz CT molecular complexity index is 999. The lowest BCUT2D eigenvalue weighted by Gasteiger charge is -2.36. The van der Waals surface area contributed by atoms with Crippen molar-refractivity contribution in [3.8, 4) is 0 Å². The third kappa shape index (κ3) is 3.77. The first-order chi connectivity index (χ1) is 14.2. The van der Waals surface area contributed by atoms with E-state index >= 15 is 0 Å². The van der Waals surface area contributed by atoms with Crippen LogP contribution in [-0.4, -0.2) is 34.1 Å². The van der Waals surface area contributed by atoms with Crippen LogP contribution in [0.25, 0.3) is 10.9 Å². The van der Waals surface area contributed by atoms with E-state index in [-0.39, 0.29) is 19.0 Å². The van der Waals surface area contributed by atoms with Crippen molar-refractivity contribution in [2.75, 3.05) is 13.2 Å². The molecule has 1 atom stereocenters. The number of hydrogen-bond donors (Lipinski definition) is 1. The van der Waals surface area contributed by atoms with Crippen molar-refractivity contribution in [3.05, 3.63) is 59.3 Å². The third-order valence-electron chi connectivity index (χ3n) is 5.83. The van der Waals surface area contributed by atoms with Crippen molar-refractivity contribution in [3.63, 3.8) is 0 Å². The second kappa shape index (κ2) is 8.33. The number of ether oxygens (including phenoxy) is 2. The summed E-state index contributed by atoms with van der Waals surface area (Å²) in [7, 11) is 0. The molecule has 3 heterocycles. The summed E-state index contributed by atoms with van der Waals surface area (Å²) in [5, 5.41) is 1.25. The molecule has 0 saturated carbocycles. The van der Waals surface area contributed by atoms with Gasteiger partial charge in [0.1, 0.15) is 5.60 Å². The number of benzene rings is 1. The van der Waals surface area contributed by atoms with Crippen LogP contribution in [0.4, 0.5) is 0 Å². The predicted molar refractivity (Wildman–Crippen MR) is 111 cm³/mol. The highest BCUT2D eigenvalue weighted by molar-refractivity contribution is 5.88. The van der Waals surface area contributed by atoms with Crippen molar-refractivity contribution < 1.29 is 14.3 Å². The van der Waals surface area contributed by atoms with E-state index in [1.54, 1.807) is 18.6 Å². The average Bonchev–Trinajstić information content (AvgIpc) is 3.15. The fourth-order valence-electron chi connectivity index (χ4n) is 4.25. The number of esters is 1. The molecule has 3 aromatic rings. The van der Waals surface area contributed by atoms with E-state index in [0.29, 0.717) is 19.4 Å². The summed E-state index contributed by atoms with van der Waals surface area (Å²) in [6.07, 6.45) is 8.22. The summed E-state index contributed by atoms with van der Waals surface area (Å²) in [4.78, 5) is 24.5. The molecule has 1 aromatic carbocycles. The Labute approximate surface area is 170 Å². The fraction of sp³-hybridized carbons (Fsp3) is 0.435. The highest BCUT2D eigenvalue weighted by Crippen LogP contribution is 2.42. The van der Waals surface area contributed by atoms with E-state index in [2.05, 4.69) is 47.0 Å². The Kier molecular flexibility index (Phi) is 5.62. The number of carbonyl (C=O) groups is 1. The van der Waals surface area contributed by atoms with Gasteiger partial charge in [-0.1, -0.05) is 32.0 Å². The first kappa shape index (κ1) is 19.6. The SMILES string of the molecule is CCc1cccc2c3c([nH]c12)C(CC)(CC(=O)OCCc1cnccn1)OCC3. The monoisotopic (exact) mass is 393 g/mol. The van der Waals surface area contributed by atoms with Crippen molar-refractivity contribution in [2.45, 2.75) is 51.6 Å². The minimum absolute atomic E-state index is 0.200. The number of aromatic nitrogens is 3. The highest BCUT2D eigenvalue weighted by atomic mass is 16.5. The molecule has 1 unspecified atom stereocenters. The number of aryl methyl sites for hydroxylation is 1. The Morgan fingerprint density at radius 3 is 2.97 bits per heavy atom. The smallest absolute Gasteiger partial charge is 0.309 e. The van der Waals surface area contributed by atoms with Crippen LogP contribution in [0, 0.1) is 0 Å². The van der Waals surface area contributed by atoms with Crippen LogP contribution in [-0.2, 0) is 39.1 Å². The molecule has 1 N–H and O–H groups in total. The number of H-pyrrole nitrogens is 1. The van der Waals surface area contributed by atoms with Crippen molar-refractivity contribution in [1.82, 2.24) is 15.0 Å². The summed E-state index contributed by atoms with van der Waals surface area (Å²) in [6.45, 7) is 5.12. The maximum absolute atomic E-state index is 12.7. The molecule has 0 radical (unpaired) electrons. The number of para-hydroxylation sites is 1. The Hall–Kier alpha value is -2.73. The third-order valence-corrected chi connectivity index (χ3v) is 5.83. The summed E-state index contributed by atoms with van der Waals surface area (Å²) >= 11 is 0. The normalized spacial score (nSPS) is 18.6. The molecule has 0 amide bonds. The van der Waals surface area contributed by atoms with E-state index in [1.165, 1.54) is 22.0 Å². The molecule has 6 nitrogen and oxygen atoms in total. The Morgan fingerprint density at radius 2 is 2.21 bits per heavy atom. The van der Waals surface area contributed by atoms with Gasteiger partial charge in [-0.2, -0.15) is 0 Å². The molecular formula is C23H27N3O3. The number of nitrogens with one attached hydrogen (secondary N) is 1. The highest BCUT2D eigenvalue weighted by Gasteiger charge is 2.41. The fourth-order valence-corrected chi connectivity index (χ4v) is 4.25. The van der Waals surface area contributed by atoms with Crippen LogP contribution in [0.1, 0.15) is 49.2 Å². The van der Waals surface area contributed by atoms with Gasteiger partial charge in [-0.15, -0.1) is 0 Å². The quantitative estimate of drug-likeness (QED) is 0.617. The molecule has 0 bridgehead atoms. The van der Waals surface area contributed by atoms with E-state index < -0.39 is 5.60 Å². The van der Waals surface area contributed by atoms with Gasteiger partial charge in [-0.3, -0.25) is 14.8 Å². The number of fused-ring (bicyclic) bond motifs is 3. The first-order valence-corrected chi connectivity index (χ1v) is 10.3. The minimum Gasteiger partial charge on any atom is -0.465 e. The number of aromatic amines is 1. The second-order valence-electron chi connectivity index (χ2n) is 7.46. The number of hydrogen-bond acceptors (Lipinski definition) is 5. The molecule has 0 spiro atoms. The lowest BCUT2D eigenvalue weighted by atomic mass is 9.86. The largest absolute Gasteiger partial charge is 0.465 e. The molecule has 0 aliphatic carbocycles. The zero-order chi connectivity index (χ0) is 20.3. The Morgan fingerprint density at radius 1 is 1.31 bits per heavy atom. The number of nitrogens with zero attached hydrogens (tertiary/aromatic N) is 2. The van der Waals surface area contributed by atoms with Crippen LogP contribution >= 0.6 is 0 Å². The van der Waals surface area contributed by atoms with Gasteiger partial charge in [0, 0.05) is 35.9 Å². The van der Waals surface area contributed by atoms with E-state index in [1.807, 2.05) is 0 Å². The lowest BCUT2D eigenvalue weighted by molar-refractivity contribution is -0.155. The van der Waals surface area contributed by atoms with E-state index in [9.17, 15) is 4.79 Å². The summed E-state index contributed by atoms with van der Waals surface area (Å²) in [5.41, 5.74) is 4.90.